The number of carbonyl (C=O) groups excluding carboxylic acids is 1. The van der Waals surface area contributed by atoms with E-state index in [0.29, 0.717) is 18.1 Å². The van der Waals surface area contributed by atoms with Crippen molar-refractivity contribution in [1.82, 2.24) is 5.32 Å². The Hall–Kier alpha value is -1.81. The van der Waals surface area contributed by atoms with E-state index in [9.17, 15) is 4.79 Å². The van der Waals surface area contributed by atoms with Crippen molar-refractivity contribution >= 4 is 29.4 Å². The molecule has 0 saturated heterocycles. The van der Waals surface area contributed by atoms with Crippen LogP contribution in [-0.2, 0) is 10.2 Å². The third kappa shape index (κ3) is 2.68. The Bertz CT molecular complexity index is 636. The second kappa shape index (κ2) is 5.19. The van der Waals surface area contributed by atoms with Gasteiger partial charge in [-0.3, -0.25) is 9.79 Å². The van der Waals surface area contributed by atoms with Crippen molar-refractivity contribution in [3.63, 3.8) is 0 Å². The van der Waals surface area contributed by atoms with Crippen LogP contribution in [-0.4, -0.2) is 24.8 Å². The largest absolute Gasteiger partial charge is 0.354 e. The summed E-state index contributed by atoms with van der Waals surface area (Å²) in [5.41, 5.74) is 2.21. The molecule has 3 rings (SSSR count). The number of halogens is 1. The number of fused-ring (bicyclic) bond motifs is 1. The highest BCUT2D eigenvalue weighted by molar-refractivity contribution is 6.30. The average molecular weight is 304 g/mol. The van der Waals surface area contributed by atoms with E-state index in [-0.39, 0.29) is 17.5 Å². The van der Waals surface area contributed by atoms with Crippen LogP contribution in [0, 0.1) is 0 Å². The molecule has 110 valence electrons. The van der Waals surface area contributed by atoms with Gasteiger partial charge in [-0.1, -0.05) is 43.6 Å². The lowest BCUT2D eigenvalue weighted by molar-refractivity contribution is -0.119. The molecule has 0 radical (unpaired) electrons. The van der Waals surface area contributed by atoms with Crippen LogP contribution in [0.2, 0.25) is 0 Å². The number of carbonyl (C=O) groups is 1. The van der Waals surface area contributed by atoms with Gasteiger partial charge in [0.25, 0.3) is 0 Å². The van der Waals surface area contributed by atoms with Crippen LogP contribution in [0.3, 0.4) is 0 Å². The fourth-order valence-electron chi connectivity index (χ4n) is 2.91. The second-order valence-corrected chi connectivity index (χ2v) is 6.47. The van der Waals surface area contributed by atoms with Gasteiger partial charge >= 0.3 is 0 Å². The summed E-state index contributed by atoms with van der Waals surface area (Å²) in [7, 11) is 0. The molecule has 1 aromatic carbocycles. The number of hydrogen-bond donors (Lipinski definition) is 1. The smallest absolute Gasteiger partial charge is 0.231 e. The van der Waals surface area contributed by atoms with E-state index in [1.165, 1.54) is 5.56 Å². The summed E-state index contributed by atoms with van der Waals surface area (Å²) in [5.74, 6) is 0.0639. The van der Waals surface area contributed by atoms with Crippen LogP contribution < -0.4 is 10.2 Å². The molecule has 1 aromatic rings. The van der Waals surface area contributed by atoms with Gasteiger partial charge in [0.15, 0.2) is 0 Å². The quantitative estimate of drug-likeness (QED) is 0.854. The standard InChI is InChI=1S/C16H18ClN3O/c1-16(2)10-20(12-6-4-3-5-11(12)16)15(21)9-14-18-8-7-13(17)19-14/h3-8,14,19H,9-10H2,1-2H3. The van der Waals surface area contributed by atoms with Crippen molar-refractivity contribution in [3.05, 3.63) is 41.1 Å². The van der Waals surface area contributed by atoms with Gasteiger partial charge in [0, 0.05) is 23.9 Å². The third-order valence-corrected chi connectivity index (χ3v) is 4.17. The highest BCUT2D eigenvalue weighted by Crippen LogP contribution is 2.40. The summed E-state index contributed by atoms with van der Waals surface area (Å²) in [5, 5.41) is 3.51. The molecule has 2 aliphatic heterocycles. The van der Waals surface area contributed by atoms with Gasteiger partial charge < -0.3 is 10.2 Å². The monoisotopic (exact) mass is 303 g/mol. The molecule has 0 aliphatic carbocycles. The fourth-order valence-corrected chi connectivity index (χ4v) is 3.09. The lowest BCUT2D eigenvalue weighted by Gasteiger charge is -2.23. The fraction of sp³-hybridized carbons (Fsp3) is 0.375. The number of aliphatic imine (C=N–C) groups is 1. The second-order valence-electron chi connectivity index (χ2n) is 6.06. The van der Waals surface area contributed by atoms with E-state index in [2.05, 4.69) is 30.2 Å². The van der Waals surface area contributed by atoms with Crippen LogP contribution in [0.25, 0.3) is 0 Å². The first-order valence-corrected chi connectivity index (χ1v) is 7.40. The number of anilines is 1. The van der Waals surface area contributed by atoms with Gasteiger partial charge in [0.1, 0.15) is 11.3 Å². The Labute approximate surface area is 129 Å². The highest BCUT2D eigenvalue weighted by atomic mass is 35.5. The van der Waals surface area contributed by atoms with Crippen LogP contribution in [0.5, 0.6) is 0 Å². The molecule has 2 aliphatic rings. The maximum absolute atomic E-state index is 12.6. The van der Waals surface area contributed by atoms with Crippen LogP contribution >= 0.6 is 11.6 Å². The molecule has 1 atom stereocenters. The summed E-state index contributed by atoms with van der Waals surface area (Å²) >= 11 is 5.91. The van der Waals surface area contributed by atoms with Crippen molar-refractivity contribution in [2.24, 2.45) is 4.99 Å². The average Bonchev–Trinajstić information content (AvgIpc) is 2.72. The molecule has 2 heterocycles. The van der Waals surface area contributed by atoms with Gasteiger partial charge in [-0.25, -0.2) is 0 Å². The number of rotatable bonds is 2. The molecule has 21 heavy (non-hydrogen) atoms. The molecule has 4 nitrogen and oxygen atoms in total. The molecule has 5 heteroatoms. The summed E-state index contributed by atoms with van der Waals surface area (Å²) < 4.78 is 0. The minimum Gasteiger partial charge on any atom is -0.354 e. The molecule has 0 aromatic heterocycles. The number of nitrogens with zero attached hydrogens (tertiary/aromatic N) is 2. The molecule has 0 spiro atoms. The van der Waals surface area contributed by atoms with Gasteiger partial charge in [0.05, 0.1) is 6.42 Å². The van der Waals surface area contributed by atoms with Gasteiger partial charge in [-0.2, -0.15) is 0 Å². The van der Waals surface area contributed by atoms with Crippen LogP contribution in [0.1, 0.15) is 25.8 Å². The maximum Gasteiger partial charge on any atom is 0.231 e. The third-order valence-electron chi connectivity index (χ3n) is 3.94. The molecule has 0 bridgehead atoms. The summed E-state index contributed by atoms with van der Waals surface area (Å²) in [6, 6.07) is 8.09. The number of nitrogens with one attached hydrogen (secondary N) is 1. The lowest BCUT2D eigenvalue weighted by Crippen LogP contribution is -2.39. The summed E-state index contributed by atoms with van der Waals surface area (Å²) in [4.78, 5) is 18.7. The normalized spacial score (nSPS) is 22.5. The number of allylic oxidation sites excluding steroid dienone is 1. The molecular formula is C16H18ClN3O. The van der Waals surface area contributed by atoms with Gasteiger partial charge in [-0.15, -0.1) is 0 Å². The summed E-state index contributed by atoms with van der Waals surface area (Å²) in [6.45, 7) is 5.02. The topological polar surface area (TPSA) is 44.7 Å². The number of para-hydroxylation sites is 1. The number of hydrogen-bond acceptors (Lipinski definition) is 3. The van der Waals surface area contributed by atoms with Gasteiger partial charge in [0.2, 0.25) is 5.91 Å². The predicted octanol–water partition coefficient (Wildman–Crippen LogP) is 2.78. The zero-order valence-corrected chi connectivity index (χ0v) is 12.9. The Morgan fingerprint density at radius 2 is 2.24 bits per heavy atom. The molecule has 1 amide bonds. The minimum absolute atomic E-state index is 0.0208. The first kappa shape index (κ1) is 14.1. The van der Waals surface area contributed by atoms with Crippen molar-refractivity contribution in [3.8, 4) is 0 Å². The molecule has 1 unspecified atom stereocenters. The molecular weight excluding hydrogens is 286 g/mol. The zero-order chi connectivity index (χ0) is 15.0. The number of amides is 1. The number of benzene rings is 1. The summed E-state index contributed by atoms with van der Waals surface area (Å²) in [6.07, 6.45) is 3.33. The maximum atomic E-state index is 12.6. The molecule has 0 fully saturated rings. The lowest BCUT2D eigenvalue weighted by atomic mass is 9.87. The van der Waals surface area contributed by atoms with E-state index < -0.39 is 0 Å². The SMILES string of the molecule is CC1(C)CN(C(=O)CC2N=CC=C(Cl)N2)c2ccccc21. The van der Waals surface area contributed by atoms with E-state index in [0.717, 1.165) is 5.69 Å². The van der Waals surface area contributed by atoms with Crippen molar-refractivity contribution < 1.29 is 4.79 Å². The molecule has 1 N–H and O–H groups in total. The zero-order valence-electron chi connectivity index (χ0n) is 12.1. The van der Waals surface area contributed by atoms with Gasteiger partial charge in [-0.05, 0) is 17.7 Å². The Balaban J connectivity index is 1.78. The highest BCUT2D eigenvalue weighted by Gasteiger charge is 2.37. The Morgan fingerprint density at radius 1 is 1.48 bits per heavy atom. The van der Waals surface area contributed by atoms with E-state index >= 15 is 0 Å². The van der Waals surface area contributed by atoms with E-state index in [4.69, 9.17) is 11.6 Å². The minimum atomic E-state index is -0.286. The molecule has 0 saturated carbocycles. The van der Waals surface area contributed by atoms with E-state index in [1.807, 2.05) is 23.1 Å². The van der Waals surface area contributed by atoms with Crippen molar-refractivity contribution in [2.75, 3.05) is 11.4 Å². The first-order valence-electron chi connectivity index (χ1n) is 7.03. The van der Waals surface area contributed by atoms with Crippen LogP contribution in [0.4, 0.5) is 5.69 Å². The Kier molecular flexibility index (Phi) is 3.49. The predicted molar refractivity (Wildman–Crippen MR) is 85.8 cm³/mol. The Morgan fingerprint density at radius 3 is 3.00 bits per heavy atom. The van der Waals surface area contributed by atoms with E-state index in [1.54, 1.807) is 12.3 Å². The van der Waals surface area contributed by atoms with Crippen molar-refractivity contribution in [1.29, 1.82) is 0 Å². The first-order chi connectivity index (χ1) is 9.97. The van der Waals surface area contributed by atoms with Crippen molar-refractivity contribution in [2.45, 2.75) is 31.8 Å². The van der Waals surface area contributed by atoms with Crippen LogP contribution in [0.15, 0.2) is 40.5 Å².